The van der Waals surface area contributed by atoms with Gasteiger partial charge in [-0.3, -0.25) is 14.9 Å². The van der Waals surface area contributed by atoms with Crippen LogP contribution < -0.4 is 14.8 Å². The Balaban J connectivity index is 1.31. The number of fused-ring (bicyclic) bond motifs is 1. The minimum atomic E-state index is -0.294. The summed E-state index contributed by atoms with van der Waals surface area (Å²) in [6.45, 7) is 5.78. The van der Waals surface area contributed by atoms with Crippen LogP contribution in [-0.2, 0) is 4.79 Å². The van der Waals surface area contributed by atoms with Crippen LogP contribution in [-0.4, -0.2) is 59.2 Å². The quantitative estimate of drug-likeness (QED) is 0.842. The molecule has 2 amide bonds. The number of rotatable bonds is 4. The van der Waals surface area contributed by atoms with Crippen LogP contribution in [0.2, 0.25) is 0 Å². The summed E-state index contributed by atoms with van der Waals surface area (Å²) in [7, 11) is 0. The molecule has 0 bridgehead atoms. The smallest absolute Gasteiger partial charge is 0.253 e. The van der Waals surface area contributed by atoms with E-state index in [-0.39, 0.29) is 30.3 Å². The Morgan fingerprint density at radius 3 is 2.66 bits per heavy atom. The number of nitrogens with one attached hydrogen (secondary N) is 1. The molecule has 1 spiro atoms. The first-order chi connectivity index (χ1) is 14.0. The third-order valence-corrected chi connectivity index (χ3v) is 7.01. The van der Waals surface area contributed by atoms with Crippen molar-refractivity contribution in [2.75, 3.05) is 19.9 Å². The Bertz CT molecular complexity index is 829. The van der Waals surface area contributed by atoms with Gasteiger partial charge in [-0.25, -0.2) is 0 Å². The first-order valence-corrected chi connectivity index (χ1v) is 10.8. The van der Waals surface area contributed by atoms with Crippen LogP contribution in [0.15, 0.2) is 18.2 Å². The molecule has 0 aromatic heterocycles. The molecule has 2 atom stereocenters. The lowest BCUT2D eigenvalue weighted by molar-refractivity contribution is -0.134. The van der Waals surface area contributed by atoms with E-state index in [0.29, 0.717) is 42.1 Å². The van der Waals surface area contributed by atoms with Gasteiger partial charge in [0.05, 0.1) is 11.7 Å². The molecule has 3 aliphatic heterocycles. The number of amides is 2. The summed E-state index contributed by atoms with van der Waals surface area (Å²) in [4.78, 5) is 30.3. The van der Waals surface area contributed by atoms with E-state index in [2.05, 4.69) is 24.1 Å². The molecule has 1 aromatic rings. The molecule has 3 fully saturated rings. The fourth-order valence-corrected chi connectivity index (χ4v) is 4.94. The van der Waals surface area contributed by atoms with Gasteiger partial charge in [0.15, 0.2) is 11.5 Å². The van der Waals surface area contributed by atoms with Crippen molar-refractivity contribution in [2.45, 2.75) is 63.7 Å². The van der Waals surface area contributed by atoms with E-state index in [1.54, 1.807) is 18.2 Å². The second-order valence-corrected chi connectivity index (χ2v) is 8.84. The average molecular weight is 399 g/mol. The van der Waals surface area contributed by atoms with Crippen LogP contribution in [0, 0.1) is 5.92 Å². The van der Waals surface area contributed by atoms with Crippen LogP contribution >= 0.6 is 0 Å². The molecule has 156 valence electrons. The largest absolute Gasteiger partial charge is 0.454 e. The first-order valence-electron chi connectivity index (χ1n) is 10.8. The Labute approximate surface area is 171 Å². The van der Waals surface area contributed by atoms with Crippen molar-refractivity contribution in [3.8, 4) is 11.5 Å². The van der Waals surface area contributed by atoms with Crippen molar-refractivity contribution in [1.29, 1.82) is 0 Å². The minimum absolute atomic E-state index is 0.0129. The predicted octanol–water partition coefficient (Wildman–Crippen LogP) is 2.36. The fourth-order valence-electron chi connectivity index (χ4n) is 4.94. The molecule has 1 saturated carbocycles. The van der Waals surface area contributed by atoms with Gasteiger partial charge >= 0.3 is 0 Å². The maximum Gasteiger partial charge on any atom is 0.253 e. The van der Waals surface area contributed by atoms with Gasteiger partial charge < -0.3 is 19.3 Å². The number of carbonyl (C=O) groups is 2. The van der Waals surface area contributed by atoms with Crippen molar-refractivity contribution in [3.05, 3.63) is 23.8 Å². The van der Waals surface area contributed by atoms with Crippen LogP contribution in [0.3, 0.4) is 0 Å². The summed E-state index contributed by atoms with van der Waals surface area (Å²) in [5, 5.41) is 3.71. The van der Waals surface area contributed by atoms with Crippen molar-refractivity contribution < 1.29 is 19.1 Å². The molecular formula is C22H29N3O4. The fraction of sp³-hybridized carbons (Fsp3) is 0.636. The number of ether oxygens (including phenoxy) is 2. The highest BCUT2D eigenvalue weighted by Gasteiger charge is 2.56. The van der Waals surface area contributed by atoms with E-state index in [1.807, 2.05) is 4.90 Å². The minimum Gasteiger partial charge on any atom is -0.454 e. The zero-order valence-electron chi connectivity index (χ0n) is 17.1. The van der Waals surface area contributed by atoms with Crippen LogP contribution in [0.1, 0.15) is 56.3 Å². The molecule has 5 rings (SSSR count). The molecule has 4 aliphatic rings. The Hall–Kier alpha value is -2.28. The van der Waals surface area contributed by atoms with Crippen molar-refractivity contribution in [1.82, 2.24) is 15.1 Å². The summed E-state index contributed by atoms with van der Waals surface area (Å²) in [6, 6.07) is 5.63. The summed E-state index contributed by atoms with van der Waals surface area (Å²) >= 11 is 0. The van der Waals surface area contributed by atoms with Gasteiger partial charge in [0.2, 0.25) is 12.7 Å². The molecule has 1 aliphatic carbocycles. The highest BCUT2D eigenvalue weighted by atomic mass is 16.7. The van der Waals surface area contributed by atoms with Gasteiger partial charge in [0.25, 0.3) is 5.91 Å². The molecular weight excluding hydrogens is 370 g/mol. The van der Waals surface area contributed by atoms with Crippen LogP contribution in [0.25, 0.3) is 0 Å². The summed E-state index contributed by atoms with van der Waals surface area (Å²) in [6.07, 6.45) is 4.73. The summed E-state index contributed by atoms with van der Waals surface area (Å²) < 4.78 is 10.7. The second-order valence-electron chi connectivity index (χ2n) is 8.84. The van der Waals surface area contributed by atoms with Gasteiger partial charge in [-0.15, -0.1) is 0 Å². The van der Waals surface area contributed by atoms with Crippen molar-refractivity contribution in [2.24, 2.45) is 5.92 Å². The lowest BCUT2D eigenvalue weighted by Crippen LogP contribution is -2.60. The maximum absolute atomic E-state index is 13.2. The molecule has 0 unspecified atom stereocenters. The number of likely N-dealkylation sites (tertiary alicyclic amines) is 1. The Kier molecular flexibility index (Phi) is 4.46. The Morgan fingerprint density at radius 1 is 1.24 bits per heavy atom. The molecule has 7 heteroatoms. The topological polar surface area (TPSA) is 71.1 Å². The predicted molar refractivity (Wildman–Crippen MR) is 107 cm³/mol. The molecule has 29 heavy (non-hydrogen) atoms. The number of carbonyl (C=O) groups excluding carboxylic acids is 2. The maximum atomic E-state index is 13.2. The standard InChI is InChI=1S/C22H29N3O4/c1-3-14(2)19-21(27)25(16-5-6-16)22(23-19)8-10-24(11-9-22)20(26)15-4-7-17-18(12-15)29-13-28-17/h4,7,12,14,16,19,23H,3,5-6,8-11,13H2,1-2H3/t14-,19+/m1/s1. The van der Waals surface area contributed by atoms with Gasteiger partial charge in [-0.1, -0.05) is 20.3 Å². The van der Waals surface area contributed by atoms with Gasteiger partial charge in [-0.2, -0.15) is 0 Å². The zero-order valence-corrected chi connectivity index (χ0v) is 17.1. The lowest BCUT2D eigenvalue weighted by atomic mass is 9.94. The second kappa shape index (κ2) is 6.90. The number of piperidine rings is 1. The van der Waals surface area contributed by atoms with Gasteiger partial charge in [0, 0.05) is 37.5 Å². The van der Waals surface area contributed by atoms with Gasteiger partial charge in [0.1, 0.15) is 0 Å². The van der Waals surface area contributed by atoms with E-state index in [0.717, 1.165) is 32.1 Å². The number of benzene rings is 1. The highest BCUT2D eigenvalue weighted by Crippen LogP contribution is 2.42. The van der Waals surface area contributed by atoms with E-state index >= 15 is 0 Å². The molecule has 2 saturated heterocycles. The monoisotopic (exact) mass is 399 g/mol. The molecule has 0 radical (unpaired) electrons. The number of nitrogens with zero attached hydrogens (tertiary/aromatic N) is 2. The van der Waals surface area contributed by atoms with E-state index in [4.69, 9.17) is 9.47 Å². The average Bonchev–Trinajstić information content (AvgIpc) is 3.38. The van der Waals surface area contributed by atoms with Crippen LogP contribution in [0.4, 0.5) is 0 Å². The first kappa shape index (κ1) is 18.7. The third kappa shape index (κ3) is 3.06. The summed E-state index contributed by atoms with van der Waals surface area (Å²) in [5.41, 5.74) is 0.329. The molecule has 1 N–H and O–H groups in total. The van der Waals surface area contributed by atoms with Crippen molar-refractivity contribution >= 4 is 11.8 Å². The molecule has 7 nitrogen and oxygen atoms in total. The van der Waals surface area contributed by atoms with Crippen LogP contribution in [0.5, 0.6) is 11.5 Å². The van der Waals surface area contributed by atoms with E-state index < -0.39 is 0 Å². The van der Waals surface area contributed by atoms with E-state index in [1.165, 1.54) is 0 Å². The number of hydrogen-bond acceptors (Lipinski definition) is 5. The number of hydrogen-bond donors (Lipinski definition) is 1. The third-order valence-electron chi connectivity index (χ3n) is 7.01. The molecule has 1 aromatic carbocycles. The Morgan fingerprint density at radius 2 is 1.97 bits per heavy atom. The van der Waals surface area contributed by atoms with Crippen molar-refractivity contribution in [3.63, 3.8) is 0 Å². The normalized spacial score (nSPS) is 26.3. The van der Waals surface area contributed by atoms with E-state index in [9.17, 15) is 9.59 Å². The summed E-state index contributed by atoms with van der Waals surface area (Å²) in [5.74, 6) is 1.90. The lowest BCUT2D eigenvalue weighted by Gasteiger charge is -2.45. The zero-order chi connectivity index (χ0) is 20.2. The molecule has 3 heterocycles. The highest BCUT2D eigenvalue weighted by molar-refractivity contribution is 5.95. The van der Waals surface area contributed by atoms with Gasteiger partial charge in [-0.05, 0) is 37.0 Å². The SMILES string of the molecule is CC[C@@H](C)[C@@H]1NC2(CCN(C(=O)c3ccc4c(c3)OCO4)CC2)N(C2CC2)C1=O.